The van der Waals surface area contributed by atoms with Crippen LogP contribution >= 0.6 is 0 Å². The Morgan fingerprint density at radius 2 is 1.96 bits per heavy atom. The average Bonchev–Trinajstić information content (AvgIpc) is 2.97. The Bertz CT molecular complexity index is 840. The highest BCUT2D eigenvalue weighted by atomic mass is 16.5. The van der Waals surface area contributed by atoms with Gasteiger partial charge in [0.15, 0.2) is 0 Å². The fourth-order valence-electron chi connectivity index (χ4n) is 2.78. The van der Waals surface area contributed by atoms with Crippen molar-refractivity contribution in [2.45, 2.75) is 19.4 Å². The van der Waals surface area contributed by atoms with Gasteiger partial charge in [-0.3, -0.25) is 0 Å². The van der Waals surface area contributed by atoms with Crippen LogP contribution in [0.1, 0.15) is 28.0 Å². The Morgan fingerprint density at radius 1 is 1.17 bits per heavy atom. The molecule has 24 heavy (non-hydrogen) atoms. The lowest BCUT2D eigenvalue weighted by Crippen LogP contribution is -2.05. The molecule has 0 saturated heterocycles. The van der Waals surface area contributed by atoms with Crippen LogP contribution in [0.3, 0.4) is 0 Å². The van der Waals surface area contributed by atoms with E-state index in [1.807, 2.05) is 48.5 Å². The van der Waals surface area contributed by atoms with Gasteiger partial charge < -0.3 is 20.6 Å². The number of hydrogen-bond acceptors (Lipinski definition) is 3. The van der Waals surface area contributed by atoms with E-state index in [0.717, 1.165) is 34.2 Å². The maximum absolute atomic E-state index is 11.5. The number of carboxylic acid groups (broad SMARTS) is 1. The molecule has 3 rings (SSSR count). The van der Waals surface area contributed by atoms with Gasteiger partial charge >= 0.3 is 5.97 Å². The van der Waals surface area contributed by atoms with Gasteiger partial charge in [-0.25, -0.2) is 4.79 Å². The number of carbonyl (C=O) groups is 1. The van der Waals surface area contributed by atoms with Crippen molar-refractivity contribution in [3.63, 3.8) is 0 Å². The van der Waals surface area contributed by atoms with Crippen molar-refractivity contribution in [1.29, 1.82) is 0 Å². The molecule has 0 aliphatic heterocycles. The van der Waals surface area contributed by atoms with E-state index in [2.05, 4.69) is 4.98 Å². The molecule has 0 fully saturated rings. The maximum atomic E-state index is 11.5. The van der Waals surface area contributed by atoms with E-state index in [-0.39, 0.29) is 5.69 Å². The molecule has 2 aromatic carbocycles. The predicted molar refractivity (Wildman–Crippen MR) is 93.4 cm³/mol. The monoisotopic (exact) mass is 324 g/mol. The number of ether oxygens (including phenoxy) is 1. The number of aromatic carboxylic acids is 1. The molecule has 0 unspecified atom stereocenters. The lowest BCUT2D eigenvalue weighted by molar-refractivity contribution is 0.0690. The van der Waals surface area contributed by atoms with Gasteiger partial charge in [-0.2, -0.15) is 0 Å². The maximum Gasteiger partial charge on any atom is 0.352 e. The summed E-state index contributed by atoms with van der Waals surface area (Å²) in [5, 5.41) is 10.3. The first-order valence-corrected chi connectivity index (χ1v) is 7.93. The number of aromatic amines is 1. The second kappa shape index (κ2) is 7.19. The number of rotatable bonds is 7. The molecule has 1 aromatic heterocycles. The molecular weight excluding hydrogens is 304 g/mol. The third-order valence-corrected chi connectivity index (χ3v) is 3.97. The summed E-state index contributed by atoms with van der Waals surface area (Å²) in [5.41, 5.74) is 8.48. The van der Waals surface area contributed by atoms with Gasteiger partial charge in [-0.05, 0) is 48.7 Å². The molecule has 0 aliphatic rings. The number of aromatic nitrogens is 1. The first kappa shape index (κ1) is 16.1. The Kier molecular flexibility index (Phi) is 4.82. The quantitative estimate of drug-likeness (QED) is 0.622. The molecule has 4 N–H and O–H groups in total. The van der Waals surface area contributed by atoms with E-state index in [1.54, 1.807) is 0 Å². The van der Waals surface area contributed by atoms with Gasteiger partial charge in [0, 0.05) is 10.9 Å². The summed E-state index contributed by atoms with van der Waals surface area (Å²) in [6.07, 6.45) is 1.36. The van der Waals surface area contributed by atoms with Crippen molar-refractivity contribution in [2.75, 3.05) is 6.54 Å². The number of fused-ring (bicyclic) bond motifs is 1. The normalized spacial score (nSPS) is 10.9. The number of H-pyrrole nitrogens is 1. The summed E-state index contributed by atoms with van der Waals surface area (Å²) < 4.78 is 5.84. The summed E-state index contributed by atoms with van der Waals surface area (Å²) in [6.45, 7) is 0.997. The van der Waals surface area contributed by atoms with Gasteiger partial charge in [-0.1, -0.05) is 30.3 Å². The Labute approximate surface area is 140 Å². The zero-order valence-electron chi connectivity index (χ0n) is 13.3. The molecule has 5 nitrogen and oxygen atoms in total. The number of nitrogens with two attached hydrogens (primary N) is 1. The molecule has 0 aliphatic carbocycles. The van der Waals surface area contributed by atoms with Crippen molar-refractivity contribution in [3.8, 4) is 5.75 Å². The third kappa shape index (κ3) is 3.41. The van der Waals surface area contributed by atoms with Crippen molar-refractivity contribution in [2.24, 2.45) is 5.73 Å². The minimum Gasteiger partial charge on any atom is -0.489 e. The van der Waals surface area contributed by atoms with Crippen LogP contribution < -0.4 is 10.5 Å². The topological polar surface area (TPSA) is 88.3 Å². The SMILES string of the molecule is NCCCc1c(C(=O)O)[nH]c2ccc(OCc3ccccc3)cc12. The minimum absolute atomic E-state index is 0.235. The average molecular weight is 324 g/mol. The molecule has 5 heteroatoms. The zero-order chi connectivity index (χ0) is 16.9. The van der Waals surface area contributed by atoms with Gasteiger partial charge in [0.25, 0.3) is 0 Å². The number of nitrogens with one attached hydrogen (secondary N) is 1. The molecule has 0 atom stereocenters. The van der Waals surface area contributed by atoms with Gasteiger partial charge in [0.05, 0.1) is 0 Å². The molecular formula is C19H20N2O3. The molecule has 0 saturated carbocycles. The summed E-state index contributed by atoms with van der Waals surface area (Å²) in [4.78, 5) is 14.4. The smallest absolute Gasteiger partial charge is 0.352 e. The highest BCUT2D eigenvalue weighted by Gasteiger charge is 2.17. The molecule has 3 aromatic rings. The molecule has 0 spiro atoms. The largest absolute Gasteiger partial charge is 0.489 e. The minimum atomic E-state index is -0.954. The van der Waals surface area contributed by atoms with Crippen molar-refractivity contribution in [1.82, 2.24) is 4.98 Å². The van der Waals surface area contributed by atoms with Crippen LogP contribution in [0.15, 0.2) is 48.5 Å². The molecule has 1 heterocycles. The van der Waals surface area contributed by atoms with Crippen LogP contribution in [0.25, 0.3) is 10.9 Å². The van der Waals surface area contributed by atoms with E-state index < -0.39 is 5.97 Å². The van der Waals surface area contributed by atoms with E-state index >= 15 is 0 Å². The predicted octanol–water partition coefficient (Wildman–Crippen LogP) is 3.34. The van der Waals surface area contributed by atoms with Gasteiger partial charge in [-0.15, -0.1) is 0 Å². The molecule has 0 amide bonds. The first-order valence-electron chi connectivity index (χ1n) is 7.93. The van der Waals surface area contributed by atoms with Gasteiger partial charge in [0.2, 0.25) is 0 Å². The zero-order valence-corrected chi connectivity index (χ0v) is 13.3. The number of hydrogen-bond donors (Lipinski definition) is 3. The summed E-state index contributed by atoms with van der Waals surface area (Å²) in [7, 11) is 0. The fraction of sp³-hybridized carbons (Fsp3) is 0.211. The van der Waals surface area contributed by atoms with Crippen LogP contribution in [0.4, 0.5) is 0 Å². The number of aryl methyl sites for hydroxylation is 1. The van der Waals surface area contributed by atoms with E-state index in [9.17, 15) is 9.90 Å². The van der Waals surface area contributed by atoms with E-state index in [4.69, 9.17) is 10.5 Å². The van der Waals surface area contributed by atoms with Gasteiger partial charge in [0.1, 0.15) is 18.1 Å². The summed E-state index contributed by atoms with van der Waals surface area (Å²) in [5.74, 6) is -0.235. The van der Waals surface area contributed by atoms with Crippen LogP contribution in [0.5, 0.6) is 5.75 Å². The Hall–Kier alpha value is -2.79. The van der Waals surface area contributed by atoms with Crippen LogP contribution in [0.2, 0.25) is 0 Å². The van der Waals surface area contributed by atoms with E-state index in [1.165, 1.54) is 0 Å². The Morgan fingerprint density at radius 3 is 2.67 bits per heavy atom. The standard InChI is InChI=1S/C19H20N2O3/c20-10-4-7-15-16-11-14(24-12-13-5-2-1-3-6-13)8-9-17(16)21-18(15)19(22)23/h1-3,5-6,8-9,11,21H,4,7,10,12,20H2,(H,22,23). The second-order valence-electron chi connectivity index (χ2n) is 5.66. The molecule has 0 bridgehead atoms. The number of benzene rings is 2. The van der Waals surface area contributed by atoms with Crippen LogP contribution in [0, 0.1) is 0 Å². The molecule has 0 radical (unpaired) electrons. The highest BCUT2D eigenvalue weighted by molar-refractivity contribution is 5.97. The van der Waals surface area contributed by atoms with Crippen molar-refractivity contribution in [3.05, 3.63) is 65.4 Å². The summed E-state index contributed by atoms with van der Waals surface area (Å²) in [6, 6.07) is 15.5. The lowest BCUT2D eigenvalue weighted by atomic mass is 10.1. The number of carboxylic acids is 1. The van der Waals surface area contributed by atoms with Crippen molar-refractivity contribution >= 4 is 16.9 Å². The highest BCUT2D eigenvalue weighted by Crippen LogP contribution is 2.28. The first-order chi connectivity index (χ1) is 11.7. The Balaban J connectivity index is 1.89. The lowest BCUT2D eigenvalue weighted by Gasteiger charge is -2.07. The van der Waals surface area contributed by atoms with E-state index in [0.29, 0.717) is 19.6 Å². The molecule has 124 valence electrons. The van der Waals surface area contributed by atoms with Crippen molar-refractivity contribution < 1.29 is 14.6 Å². The third-order valence-electron chi connectivity index (χ3n) is 3.97. The van der Waals surface area contributed by atoms with Crippen LogP contribution in [-0.2, 0) is 13.0 Å². The fourth-order valence-corrected chi connectivity index (χ4v) is 2.78. The van der Waals surface area contributed by atoms with Crippen LogP contribution in [-0.4, -0.2) is 22.6 Å². The second-order valence-corrected chi connectivity index (χ2v) is 5.66. The summed E-state index contributed by atoms with van der Waals surface area (Å²) >= 11 is 0.